The highest BCUT2D eigenvalue weighted by atomic mass is 32.2. The number of rotatable bonds is 9. The van der Waals surface area contributed by atoms with E-state index in [1.165, 1.54) is 0 Å². The Morgan fingerprint density at radius 2 is 2.05 bits per heavy atom. The number of hydrogen-bond donors (Lipinski definition) is 1. The maximum Gasteiger partial charge on any atom is 0.336 e. The minimum atomic E-state index is -4.48. The van der Waals surface area contributed by atoms with Gasteiger partial charge in [0.2, 0.25) is 0 Å². The van der Waals surface area contributed by atoms with Gasteiger partial charge in [0.15, 0.2) is 0 Å². The van der Waals surface area contributed by atoms with Crippen LogP contribution in [0.1, 0.15) is 24.4 Å². The number of hydrogen-bond acceptors (Lipinski definition) is 4. The van der Waals surface area contributed by atoms with Crippen molar-refractivity contribution in [2.45, 2.75) is 18.9 Å². The van der Waals surface area contributed by atoms with E-state index >= 15 is 0 Å². The lowest BCUT2D eigenvalue weighted by molar-refractivity contribution is -0.108. The Labute approximate surface area is 122 Å². The first-order valence-corrected chi connectivity index (χ1v) is 7.64. The maximum atomic E-state index is 11.5. The van der Waals surface area contributed by atoms with Crippen molar-refractivity contribution in [3.63, 3.8) is 0 Å². The fraction of sp³-hybridized carbons (Fsp3) is 0.417. The van der Waals surface area contributed by atoms with Gasteiger partial charge in [-0.2, -0.15) is 12.7 Å². The molecule has 1 atom stereocenters. The zero-order valence-electron chi connectivity index (χ0n) is 11.2. The molecule has 1 unspecified atom stereocenters. The molecule has 0 saturated heterocycles. The monoisotopic (exact) mass is 312 g/mol. The van der Waals surface area contributed by atoms with Gasteiger partial charge in [-0.05, 0) is 17.5 Å². The third-order valence-electron chi connectivity index (χ3n) is 2.85. The fourth-order valence-corrected chi connectivity index (χ4v) is 2.85. The topological polar surface area (TPSA) is 123 Å². The van der Waals surface area contributed by atoms with Crippen LogP contribution in [0.25, 0.3) is 10.4 Å². The second-order valence-electron chi connectivity index (χ2n) is 4.23. The average Bonchev–Trinajstić information content (AvgIpc) is 2.45. The Kier molecular flexibility index (Phi) is 6.83. The molecule has 0 bridgehead atoms. The zero-order chi connectivity index (χ0) is 15.7. The third-order valence-corrected chi connectivity index (χ3v) is 3.88. The van der Waals surface area contributed by atoms with Crippen LogP contribution in [0.2, 0.25) is 0 Å². The molecule has 21 heavy (non-hydrogen) atoms. The number of nitrogens with zero attached hydrogens (tertiary/aromatic N) is 4. The number of azide groups is 1. The minimum absolute atomic E-state index is 0.0503. The third kappa shape index (κ3) is 5.52. The van der Waals surface area contributed by atoms with Gasteiger partial charge in [-0.3, -0.25) is 4.55 Å². The van der Waals surface area contributed by atoms with Gasteiger partial charge in [0.25, 0.3) is 0 Å². The molecule has 0 aliphatic carbocycles. The summed E-state index contributed by atoms with van der Waals surface area (Å²) in [6.07, 6.45) is 0.765. The molecule has 9 heteroatoms. The van der Waals surface area contributed by atoms with E-state index in [1.807, 2.05) is 0 Å². The van der Waals surface area contributed by atoms with Gasteiger partial charge >= 0.3 is 10.3 Å². The molecule has 114 valence electrons. The van der Waals surface area contributed by atoms with Crippen LogP contribution in [0.15, 0.2) is 35.4 Å². The van der Waals surface area contributed by atoms with Crippen molar-refractivity contribution in [3.05, 3.63) is 46.3 Å². The summed E-state index contributed by atoms with van der Waals surface area (Å²) in [5.41, 5.74) is 8.80. The summed E-state index contributed by atoms with van der Waals surface area (Å²) < 4.78 is 33.3. The SMILES string of the molecule is [N-]=[N+]=NCCCN(C(CC=O)c1ccccc1)S(=O)(=O)O. The molecule has 0 heterocycles. The molecule has 0 fully saturated rings. The van der Waals surface area contributed by atoms with Crippen molar-refractivity contribution in [1.29, 1.82) is 0 Å². The van der Waals surface area contributed by atoms with Gasteiger partial charge in [0.05, 0.1) is 6.04 Å². The first kappa shape index (κ1) is 17.1. The van der Waals surface area contributed by atoms with Gasteiger partial charge in [-0.25, -0.2) is 0 Å². The summed E-state index contributed by atoms with van der Waals surface area (Å²) in [5.74, 6) is 0. The van der Waals surface area contributed by atoms with E-state index in [0.29, 0.717) is 11.8 Å². The molecule has 0 aliphatic rings. The smallest absolute Gasteiger partial charge is 0.303 e. The molecule has 0 aliphatic heterocycles. The van der Waals surface area contributed by atoms with E-state index in [2.05, 4.69) is 10.0 Å². The van der Waals surface area contributed by atoms with Gasteiger partial charge in [-0.1, -0.05) is 35.4 Å². The number of benzene rings is 1. The van der Waals surface area contributed by atoms with Crippen molar-refractivity contribution >= 4 is 16.6 Å². The molecule has 0 radical (unpaired) electrons. The Morgan fingerprint density at radius 3 is 2.57 bits per heavy atom. The van der Waals surface area contributed by atoms with Crippen molar-refractivity contribution < 1.29 is 17.8 Å². The molecular formula is C12H16N4O4S. The molecule has 0 amide bonds. The number of aldehydes is 1. The van der Waals surface area contributed by atoms with Crippen molar-refractivity contribution in [3.8, 4) is 0 Å². The van der Waals surface area contributed by atoms with E-state index in [-0.39, 0.29) is 25.9 Å². The van der Waals surface area contributed by atoms with Crippen LogP contribution in [-0.4, -0.2) is 36.7 Å². The first-order valence-electron chi connectivity index (χ1n) is 6.24. The second-order valence-corrected chi connectivity index (χ2v) is 5.59. The first-order chi connectivity index (χ1) is 10.0. The summed E-state index contributed by atoms with van der Waals surface area (Å²) in [7, 11) is -4.48. The lowest BCUT2D eigenvalue weighted by atomic mass is 10.0. The van der Waals surface area contributed by atoms with Crippen LogP contribution in [0, 0.1) is 0 Å². The summed E-state index contributed by atoms with van der Waals surface area (Å²) in [5, 5.41) is 3.31. The minimum Gasteiger partial charge on any atom is -0.303 e. The van der Waals surface area contributed by atoms with E-state index in [1.54, 1.807) is 30.3 Å². The van der Waals surface area contributed by atoms with Crippen molar-refractivity contribution in [2.75, 3.05) is 13.1 Å². The Bertz CT molecular complexity index is 599. The number of carbonyl (C=O) groups is 1. The second kappa shape index (κ2) is 8.38. The summed E-state index contributed by atoms with van der Waals surface area (Å²) in [6.45, 7) is 0.0520. The standard InChI is InChI=1S/C12H16N4O4S/c13-15-14-8-4-9-16(21(18,19)20)12(7-10-17)11-5-2-1-3-6-11/h1-3,5-6,10,12H,4,7-9H2,(H,18,19,20). The highest BCUT2D eigenvalue weighted by Crippen LogP contribution is 2.25. The van der Waals surface area contributed by atoms with Gasteiger partial charge in [-0.15, -0.1) is 0 Å². The van der Waals surface area contributed by atoms with Crippen molar-refractivity contribution in [2.24, 2.45) is 5.11 Å². The van der Waals surface area contributed by atoms with E-state index in [4.69, 9.17) is 5.53 Å². The molecular weight excluding hydrogens is 296 g/mol. The normalized spacial score (nSPS) is 12.7. The predicted molar refractivity (Wildman–Crippen MR) is 76.7 cm³/mol. The summed E-state index contributed by atoms with van der Waals surface area (Å²) in [4.78, 5) is 13.4. The quantitative estimate of drug-likeness (QED) is 0.187. The van der Waals surface area contributed by atoms with Crippen molar-refractivity contribution in [1.82, 2.24) is 4.31 Å². The zero-order valence-corrected chi connectivity index (χ0v) is 12.1. The Hall–Kier alpha value is -1.93. The van der Waals surface area contributed by atoms with Gasteiger partial charge < -0.3 is 4.79 Å². The van der Waals surface area contributed by atoms with Crippen LogP contribution >= 0.6 is 0 Å². The van der Waals surface area contributed by atoms with Crippen LogP contribution in [0.5, 0.6) is 0 Å². The van der Waals surface area contributed by atoms with E-state index in [9.17, 15) is 17.8 Å². The van der Waals surface area contributed by atoms with Crippen LogP contribution in [-0.2, 0) is 15.1 Å². The molecule has 0 spiro atoms. The van der Waals surface area contributed by atoms with Crippen LogP contribution in [0.4, 0.5) is 0 Å². The molecule has 0 aromatic heterocycles. The maximum absolute atomic E-state index is 11.5. The van der Waals surface area contributed by atoms with E-state index < -0.39 is 16.3 Å². The summed E-state index contributed by atoms with van der Waals surface area (Å²) >= 11 is 0. The Morgan fingerprint density at radius 1 is 1.38 bits per heavy atom. The average molecular weight is 312 g/mol. The Balaban J connectivity index is 3.01. The fourth-order valence-electron chi connectivity index (χ4n) is 1.96. The number of carbonyl (C=O) groups excluding carboxylic acids is 1. The van der Waals surface area contributed by atoms with Crippen LogP contribution in [0.3, 0.4) is 0 Å². The van der Waals surface area contributed by atoms with Gasteiger partial charge in [0.1, 0.15) is 6.29 Å². The molecule has 1 aromatic rings. The van der Waals surface area contributed by atoms with Gasteiger partial charge in [0, 0.05) is 24.4 Å². The predicted octanol–water partition coefficient (Wildman–Crippen LogP) is 2.12. The molecule has 1 rings (SSSR count). The van der Waals surface area contributed by atoms with E-state index in [0.717, 1.165) is 4.31 Å². The molecule has 8 nitrogen and oxygen atoms in total. The molecule has 1 aromatic carbocycles. The lowest BCUT2D eigenvalue weighted by Crippen LogP contribution is -2.35. The lowest BCUT2D eigenvalue weighted by Gasteiger charge is -2.27. The highest BCUT2D eigenvalue weighted by Gasteiger charge is 2.28. The molecule has 0 saturated carbocycles. The largest absolute Gasteiger partial charge is 0.336 e. The summed E-state index contributed by atoms with van der Waals surface area (Å²) in [6, 6.07) is 7.77. The highest BCUT2D eigenvalue weighted by molar-refractivity contribution is 7.83. The molecule has 1 N–H and O–H groups in total. The van der Waals surface area contributed by atoms with Crippen LogP contribution < -0.4 is 0 Å².